The maximum absolute atomic E-state index is 6.02. The van der Waals surface area contributed by atoms with Crippen LogP contribution in [-0.4, -0.2) is 22.4 Å². The molecule has 0 radical (unpaired) electrons. The molecular weight excluding hydrogens is 198 g/mol. The van der Waals surface area contributed by atoms with Crippen LogP contribution in [0.1, 0.15) is 13.8 Å². The molecule has 0 atom stereocenters. The van der Waals surface area contributed by atoms with Gasteiger partial charge in [-0.1, -0.05) is 11.6 Å². The Labute approximate surface area is 88.4 Å². The summed E-state index contributed by atoms with van der Waals surface area (Å²) in [4.78, 5) is 2.08. The number of aromatic nitrogens is 2. The van der Waals surface area contributed by atoms with Gasteiger partial charge in [-0.3, -0.25) is 5.01 Å². The highest BCUT2D eigenvalue weighted by Gasteiger charge is 2.07. The largest absolute Gasteiger partial charge is 0.299 e. The van der Waals surface area contributed by atoms with Crippen LogP contribution in [0, 0.1) is 0 Å². The van der Waals surface area contributed by atoms with Gasteiger partial charge in [-0.2, -0.15) is 0 Å². The summed E-state index contributed by atoms with van der Waals surface area (Å²) in [6, 6.07) is 3.94. The van der Waals surface area contributed by atoms with Gasteiger partial charge in [-0.25, -0.2) is 9.31 Å². The molecule has 0 N–H and O–H groups in total. The highest BCUT2D eigenvalue weighted by Crippen LogP contribution is 2.18. The predicted molar refractivity (Wildman–Crippen MR) is 59.7 cm³/mol. The average molecular weight is 212 g/mol. The maximum Gasteiger partial charge on any atom is 0.0847 e. The van der Waals surface area contributed by atoms with Gasteiger partial charge in [-0.15, -0.1) is 0 Å². The summed E-state index contributed by atoms with van der Waals surface area (Å²) < 4.78 is 2.05. The predicted octanol–water partition coefficient (Wildman–Crippen LogP) is 2.37. The topological polar surface area (TPSA) is 12.6 Å². The fourth-order valence-corrected chi connectivity index (χ4v) is 1.90. The lowest BCUT2D eigenvalue weighted by Crippen LogP contribution is -2.35. The highest BCUT2D eigenvalue weighted by molar-refractivity contribution is 6.33. The molecule has 0 spiro atoms. The molecule has 2 aromatic heterocycles. The van der Waals surface area contributed by atoms with Crippen LogP contribution in [0.2, 0.25) is 5.02 Å². The third-order valence-electron chi connectivity index (χ3n) is 2.46. The van der Waals surface area contributed by atoms with E-state index in [1.54, 1.807) is 0 Å². The van der Waals surface area contributed by atoms with Crippen LogP contribution in [0.25, 0.3) is 5.52 Å². The third-order valence-corrected chi connectivity index (χ3v) is 2.78. The Bertz CT molecular complexity index is 425. The van der Waals surface area contributed by atoms with Crippen LogP contribution in [0.4, 0.5) is 0 Å². The van der Waals surface area contributed by atoms with Crippen LogP contribution >= 0.6 is 11.6 Å². The van der Waals surface area contributed by atoms with Crippen molar-refractivity contribution < 1.29 is 0 Å². The number of rotatable bonds is 3. The Hall–Kier alpha value is -1.09. The molecular formula is C10H14ClN3. The second kappa shape index (κ2) is 3.58. The van der Waals surface area contributed by atoms with Crippen molar-refractivity contribution >= 4 is 17.1 Å². The first-order chi connectivity index (χ1) is 6.77. The molecule has 0 aliphatic heterocycles. The maximum atomic E-state index is 6.02. The Morgan fingerprint density at radius 1 is 1.21 bits per heavy atom. The number of nitrogens with zero attached hydrogens (tertiary/aromatic N) is 3. The molecule has 0 bridgehead atoms. The van der Waals surface area contributed by atoms with Crippen LogP contribution in [0.15, 0.2) is 24.5 Å². The van der Waals surface area contributed by atoms with Crippen molar-refractivity contribution in [1.29, 1.82) is 0 Å². The molecule has 4 heteroatoms. The van der Waals surface area contributed by atoms with Gasteiger partial charge in [0.05, 0.1) is 10.5 Å². The molecule has 2 rings (SSSR count). The number of hydrogen-bond acceptors (Lipinski definition) is 1. The van der Waals surface area contributed by atoms with E-state index in [2.05, 4.69) is 28.2 Å². The van der Waals surface area contributed by atoms with Gasteiger partial charge in [0.25, 0.3) is 0 Å². The first-order valence-electron chi connectivity index (χ1n) is 4.87. The Kier molecular flexibility index (Phi) is 2.42. The van der Waals surface area contributed by atoms with E-state index in [1.807, 2.05) is 24.5 Å². The molecule has 0 aliphatic rings. The van der Waals surface area contributed by atoms with Crippen LogP contribution in [-0.2, 0) is 0 Å². The van der Waals surface area contributed by atoms with E-state index in [9.17, 15) is 0 Å². The second-order valence-corrected chi connectivity index (χ2v) is 3.58. The summed E-state index contributed by atoms with van der Waals surface area (Å²) in [7, 11) is 0. The lowest BCUT2D eigenvalue weighted by molar-refractivity contribution is 0.531. The van der Waals surface area contributed by atoms with Gasteiger partial charge >= 0.3 is 0 Å². The fraction of sp³-hybridized carbons (Fsp3) is 0.400. The molecule has 0 aliphatic carbocycles. The van der Waals surface area contributed by atoms with Crippen LogP contribution in [0.3, 0.4) is 0 Å². The summed E-state index contributed by atoms with van der Waals surface area (Å²) in [5.41, 5.74) is 1.05. The minimum absolute atomic E-state index is 0.802. The summed E-state index contributed by atoms with van der Waals surface area (Å²) >= 11 is 6.02. The normalized spacial score (nSPS) is 11.1. The zero-order chi connectivity index (χ0) is 10.1. The third kappa shape index (κ3) is 1.28. The summed E-state index contributed by atoms with van der Waals surface area (Å²) in [6.07, 6.45) is 4.02. The van der Waals surface area contributed by atoms with Crippen molar-refractivity contribution in [2.75, 3.05) is 18.1 Å². The molecule has 0 unspecified atom stereocenters. The first kappa shape index (κ1) is 9.46. The molecule has 2 aromatic rings. The van der Waals surface area contributed by atoms with Crippen molar-refractivity contribution in [3.05, 3.63) is 29.5 Å². The van der Waals surface area contributed by atoms with Gasteiger partial charge in [-0.05, 0) is 26.0 Å². The molecule has 0 fully saturated rings. The van der Waals surface area contributed by atoms with Crippen LogP contribution < -0.4 is 5.01 Å². The molecule has 0 saturated heterocycles. The molecule has 2 heterocycles. The monoisotopic (exact) mass is 211 g/mol. The van der Waals surface area contributed by atoms with Gasteiger partial charge in [0.15, 0.2) is 0 Å². The Balaban J connectivity index is 2.51. The number of fused-ring (bicyclic) bond motifs is 1. The van der Waals surface area contributed by atoms with E-state index in [1.165, 1.54) is 0 Å². The van der Waals surface area contributed by atoms with Gasteiger partial charge < -0.3 is 0 Å². The summed E-state index contributed by atoms with van der Waals surface area (Å²) in [5, 5.41) is 3.03. The molecule has 0 amide bonds. The quantitative estimate of drug-likeness (QED) is 0.760. The smallest absolute Gasteiger partial charge is 0.0847 e. The molecule has 76 valence electrons. The molecule has 0 saturated carbocycles. The number of halogens is 1. The van der Waals surface area contributed by atoms with Crippen molar-refractivity contribution in [3.63, 3.8) is 0 Å². The number of hydrogen-bond donors (Lipinski definition) is 0. The van der Waals surface area contributed by atoms with Crippen molar-refractivity contribution in [2.24, 2.45) is 0 Å². The van der Waals surface area contributed by atoms with E-state index in [4.69, 9.17) is 11.6 Å². The second-order valence-electron chi connectivity index (χ2n) is 3.17. The Morgan fingerprint density at radius 3 is 2.57 bits per heavy atom. The summed E-state index contributed by atoms with van der Waals surface area (Å²) in [5.74, 6) is 0. The van der Waals surface area contributed by atoms with Gasteiger partial charge in [0.2, 0.25) is 0 Å². The van der Waals surface area contributed by atoms with E-state index in [0.29, 0.717) is 0 Å². The lowest BCUT2D eigenvalue weighted by Gasteiger charge is -2.22. The van der Waals surface area contributed by atoms with E-state index >= 15 is 0 Å². The van der Waals surface area contributed by atoms with Crippen LogP contribution in [0.5, 0.6) is 0 Å². The van der Waals surface area contributed by atoms with Crippen molar-refractivity contribution in [3.8, 4) is 0 Å². The minimum atomic E-state index is 0.802. The first-order valence-corrected chi connectivity index (χ1v) is 5.25. The average Bonchev–Trinajstić information content (AvgIpc) is 2.74. The zero-order valence-electron chi connectivity index (χ0n) is 8.44. The molecule has 3 nitrogen and oxygen atoms in total. The van der Waals surface area contributed by atoms with Crippen molar-refractivity contribution in [2.45, 2.75) is 13.8 Å². The van der Waals surface area contributed by atoms with Gasteiger partial charge in [0.1, 0.15) is 0 Å². The standard InChI is InChI=1S/C10H14ClN3/c1-3-12(4-2)14-8-6-10-9(11)5-7-13(10)14/h5-8H,3-4H2,1-2H3. The van der Waals surface area contributed by atoms with E-state index < -0.39 is 0 Å². The summed E-state index contributed by atoms with van der Waals surface area (Å²) in [6.45, 7) is 6.24. The SMILES string of the molecule is CCN(CC)n1ccc2c(Cl)ccn21. The molecule has 14 heavy (non-hydrogen) atoms. The zero-order valence-corrected chi connectivity index (χ0v) is 9.20. The van der Waals surface area contributed by atoms with E-state index in [0.717, 1.165) is 23.6 Å². The minimum Gasteiger partial charge on any atom is -0.299 e. The van der Waals surface area contributed by atoms with Crippen molar-refractivity contribution in [1.82, 2.24) is 9.31 Å². The Morgan fingerprint density at radius 2 is 1.93 bits per heavy atom. The lowest BCUT2D eigenvalue weighted by atomic mass is 10.5. The van der Waals surface area contributed by atoms with Gasteiger partial charge in [0, 0.05) is 25.5 Å². The molecule has 0 aromatic carbocycles. The fourth-order valence-electron chi connectivity index (χ4n) is 1.70. The van der Waals surface area contributed by atoms with E-state index in [-0.39, 0.29) is 0 Å². The highest BCUT2D eigenvalue weighted by atomic mass is 35.5.